The number of hydrogen-bond donors (Lipinski definition) is 3. The van der Waals surface area contributed by atoms with Crippen molar-refractivity contribution in [1.82, 2.24) is 20.4 Å². The highest BCUT2D eigenvalue weighted by Crippen LogP contribution is 2.28. The van der Waals surface area contributed by atoms with Crippen LogP contribution in [0.4, 0.5) is 4.79 Å². The summed E-state index contributed by atoms with van der Waals surface area (Å²) in [6, 6.07) is -0.442. The molecule has 0 aliphatic heterocycles. The van der Waals surface area contributed by atoms with Crippen molar-refractivity contribution < 1.29 is 14.7 Å². The average Bonchev–Trinajstić information content (AvgIpc) is 2.75. The molecule has 1 fully saturated rings. The normalized spacial score (nSPS) is 17.2. The summed E-state index contributed by atoms with van der Waals surface area (Å²) in [7, 11) is 1.82. The second-order valence-corrected chi connectivity index (χ2v) is 5.67. The Balaban J connectivity index is 1.94. The SMILES string of the molecule is Cc1nn(C)cc1CNC(=O)NC1(C(=O)O)CCCCC1. The number of carboxylic acids is 1. The quantitative estimate of drug-likeness (QED) is 0.780. The number of amides is 2. The van der Waals surface area contributed by atoms with Crippen LogP contribution < -0.4 is 10.6 Å². The topological polar surface area (TPSA) is 96.3 Å². The molecule has 0 unspecified atom stereocenters. The van der Waals surface area contributed by atoms with Crippen LogP contribution in [-0.4, -0.2) is 32.4 Å². The van der Waals surface area contributed by atoms with Gasteiger partial charge in [0.15, 0.2) is 0 Å². The highest BCUT2D eigenvalue weighted by Gasteiger charge is 2.40. The predicted molar refractivity (Wildman–Crippen MR) is 76.8 cm³/mol. The van der Waals surface area contributed by atoms with Crippen LogP contribution in [0.1, 0.15) is 43.4 Å². The molecule has 116 valence electrons. The lowest BCUT2D eigenvalue weighted by atomic mass is 9.82. The minimum atomic E-state index is -1.12. The highest BCUT2D eigenvalue weighted by molar-refractivity contribution is 5.86. The first-order valence-corrected chi connectivity index (χ1v) is 7.21. The standard InChI is InChI=1S/C14H22N4O3/c1-10-11(9-18(2)17-10)8-15-13(21)16-14(12(19)20)6-4-3-5-7-14/h9H,3-8H2,1-2H3,(H,19,20)(H2,15,16,21). The Morgan fingerprint density at radius 3 is 2.57 bits per heavy atom. The number of hydrogen-bond acceptors (Lipinski definition) is 3. The van der Waals surface area contributed by atoms with Gasteiger partial charge in [-0.1, -0.05) is 19.3 Å². The Morgan fingerprint density at radius 2 is 2.05 bits per heavy atom. The minimum absolute atomic E-state index is 0.335. The molecule has 1 saturated carbocycles. The fourth-order valence-electron chi connectivity index (χ4n) is 2.81. The van der Waals surface area contributed by atoms with Crippen molar-refractivity contribution in [3.63, 3.8) is 0 Å². The molecule has 7 heteroatoms. The third kappa shape index (κ3) is 3.53. The monoisotopic (exact) mass is 294 g/mol. The molecule has 0 atom stereocenters. The summed E-state index contributed by atoms with van der Waals surface area (Å²) < 4.78 is 1.68. The maximum absolute atomic E-state index is 12.0. The summed E-state index contributed by atoms with van der Waals surface area (Å²) in [5.41, 5.74) is 0.649. The van der Waals surface area contributed by atoms with E-state index < -0.39 is 17.5 Å². The lowest BCUT2D eigenvalue weighted by Gasteiger charge is -2.33. The zero-order chi connectivity index (χ0) is 15.5. The molecule has 0 saturated heterocycles. The van der Waals surface area contributed by atoms with E-state index in [0.29, 0.717) is 19.4 Å². The Morgan fingerprint density at radius 1 is 1.38 bits per heavy atom. The largest absolute Gasteiger partial charge is 0.480 e. The van der Waals surface area contributed by atoms with E-state index in [4.69, 9.17) is 0 Å². The highest BCUT2D eigenvalue weighted by atomic mass is 16.4. The third-order valence-electron chi connectivity index (χ3n) is 4.02. The Kier molecular flexibility index (Phi) is 4.50. The molecule has 2 rings (SSSR count). The summed E-state index contributed by atoms with van der Waals surface area (Å²) in [6.07, 6.45) is 5.49. The summed E-state index contributed by atoms with van der Waals surface area (Å²) >= 11 is 0. The number of aromatic nitrogens is 2. The summed E-state index contributed by atoms with van der Waals surface area (Å²) in [5, 5.41) is 19.0. The molecule has 3 N–H and O–H groups in total. The van der Waals surface area contributed by atoms with E-state index in [1.807, 2.05) is 20.2 Å². The van der Waals surface area contributed by atoms with Crippen LogP contribution in [-0.2, 0) is 18.4 Å². The van der Waals surface area contributed by atoms with Crippen LogP contribution >= 0.6 is 0 Å². The molecular weight excluding hydrogens is 272 g/mol. The number of aliphatic carboxylic acids is 1. The van der Waals surface area contributed by atoms with E-state index in [1.165, 1.54) is 0 Å². The van der Waals surface area contributed by atoms with Gasteiger partial charge in [-0.3, -0.25) is 4.68 Å². The van der Waals surface area contributed by atoms with Gasteiger partial charge in [0.2, 0.25) is 0 Å². The van der Waals surface area contributed by atoms with Gasteiger partial charge in [-0.15, -0.1) is 0 Å². The Bertz CT molecular complexity index is 532. The van der Waals surface area contributed by atoms with Gasteiger partial charge in [0.25, 0.3) is 0 Å². The molecule has 1 aliphatic carbocycles. The predicted octanol–water partition coefficient (Wildman–Crippen LogP) is 1.32. The number of nitrogens with zero attached hydrogens (tertiary/aromatic N) is 2. The van der Waals surface area contributed by atoms with Crippen molar-refractivity contribution in [2.24, 2.45) is 7.05 Å². The van der Waals surface area contributed by atoms with E-state index in [1.54, 1.807) is 4.68 Å². The van der Waals surface area contributed by atoms with Crippen LogP contribution in [0, 0.1) is 6.92 Å². The van der Waals surface area contributed by atoms with E-state index in [2.05, 4.69) is 15.7 Å². The molecule has 2 amide bonds. The smallest absolute Gasteiger partial charge is 0.329 e. The van der Waals surface area contributed by atoms with E-state index in [0.717, 1.165) is 30.5 Å². The number of urea groups is 1. The van der Waals surface area contributed by atoms with Gasteiger partial charge < -0.3 is 15.7 Å². The summed E-state index contributed by atoms with van der Waals surface area (Å²) in [4.78, 5) is 23.5. The van der Waals surface area contributed by atoms with Crippen LogP contribution in [0.15, 0.2) is 6.20 Å². The first kappa shape index (κ1) is 15.3. The first-order valence-electron chi connectivity index (χ1n) is 7.21. The average molecular weight is 294 g/mol. The molecule has 0 bridgehead atoms. The molecule has 7 nitrogen and oxygen atoms in total. The maximum atomic E-state index is 12.0. The van der Waals surface area contributed by atoms with Gasteiger partial charge in [-0.05, 0) is 19.8 Å². The van der Waals surface area contributed by atoms with Crippen LogP contribution in [0.3, 0.4) is 0 Å². The Hall–Kier alpha value is -2.05. The van der Waals surface area contributed by atoms with E-state index in [9.17, 15) is 14.7 Å². The molecule has 1 aromatic rings. The number of rotatable bonds is 4. The van der Waals surface area contributed by atoms with Gasteiger partial charge in [0.05, 0.1) is 5.69 Å². The maximum Gasteiger partial charge on any atom is 0.329 e. The molecule has 21 heavy (non-hydrogen) atoms. The lowest BCUT2D eigenvalue weighted by Crippen LogP contribution is -2.57. The molecule has 1 heterocycles. The van der Waals surface area contributed by atoms with Crippen LogP contribution in [0.5, 0.6) is 0 Å². The zero-order valence-corrected chi connectivity index (χ0v) is 12.5. The van der Waals surface area contributed by atoms with Crippen molar-refractivity contribution in [2.45, 2.75) is 51.1 Å². The molecule has 1 aliphatic rings. The fourth-order valence-corrected chi connectivity index (χ4v) is 2.81. The van der Waals surface area contributed by atoms with Gasteiger partial charge in [-0.25, -0.2) is 9.59 Å². The lowest BCUT2D eigenvalue weighted by molar-refractivity contribution is -0.145. The van der Waals surface area contributed by atoms with Crippen molar-refractivity contribution in [3.05, 3.63) is 17.5 Å². The van der Waals surface area contributed by atoms with E-state index >= 15 is 0 Å². The number of carbonyl (C=O) groups is 2. The zero-order valence-electron chi connectivity index (χ0n) is 12.5. The van der Waals surface area contributed by atoms with Crippen molar-refractivity contribution >= 4 is 12.0 Å². The fraction of sp³-hybridized carbons (Fsp3) is 0.643. The number of carboxylic acid groups (broad SMARTS) is 1. The van der Waals surface area contributed by atoms with Gasteiger partial charge in [0.1, 0.15) is 5.54 Å². The number of carbonyl (C=O) groups excluding carboxylic acids is 1. The van der Waals surface area contributed by atoms with Crippen molar-refractivity contribution in [3.8, 4) is 0 Å². The van der Waals surface area contributed by atoms with Gasteiger partial charge >= 0.3 is 12.0 Å². The molecule has 1 aromatic heterocycles. The van der Waals surface area contributed by atoms with E-state index in [-0.39, 0.29) is 0 Å². The second kappa shape index (κ2) is 6.15. The van der Waals surface area contributed by atoms with Crippen LogP contribution in [0.25, 0.3) is 0 Å². The summed E-state index contributed by atoms with van der Waals surface area (Å²) in [5.74, 6) is -0.949. The molecule has 0 aromatic carbocycles. The number of aryl methyl sites for hydroxylation is 2. The van der Waals surface area contributed by atoms with Crippen LogP contribution in [0.2, 0.25) is 0 Å². The van der Waals surface area contributed by atoms with Crippen molar-refractivity contribution in [2.75, 3.05) is 0 Å². The van der Waals surface area contributed by atoms with Gasteiger partial charge in [0, 0.05) is 25.4 Å². The Labute approximate surface area is 123 Å². The third-order valence-corrected chi connectivity index (χ3v) is 4.02. The first-order chi connectivity index (χ1) is 9.93. The molecule has 0 spiro atoms. The minimum Gasteiger partial charge on any atom is -0.480 e. The second-order valence-electron chi connectivity index (χ2n) is 5.67. The van der Waals surface area contributed by atoms with Gasteiger partial charge in [-0.2, -0.15) is 5.10 Å². The van der Waals surface area contributed by atoms with Crippen molar-refractivity contribution in [1.29, 1.82) is 0 Å². The molecular formula is C14H22N4O3. The molecule has 0 radical (unpaired) electrons. The summed E-state index contributed by atoms with van der Waals surface area (Å²) in [6.45, 7) is 2.20. The number of nitrogens with one attached hydrogen (secondary N) is 2.